The Hall–Kier alpha value is -1.68. The fourth-order valence-corrected chi connectivity index (χ4v) is 3.11. The first-order chi connectivity index (χ1) is 9.02. The van der Waals surface area contributed by atoms with Gasteiger partial charge in [0.05, 0.1) is 10.6 Å². The summed E-state index contributed by atoms with van der Waals surface area (Å²) in [5.41, 5.74) is 3.14. The number of benzene rings is 1. The number of Topliss-reactive ketones (excluding diaryl/α,β-unsaturated/α-hetero) is 1. The van der Waals surface area contributed by atoms with Crippen molar-refractivity contribution in [3.05, 3.63) is 45.2 Å². The van der Waals surface area contributed by atoms with Gasteiger partial charge in [0, 0.05) is 19.2 Å². The minimum absolute atomic E-state index is 0.107. The van der Waals surface area contributed by atoms with Gasteiger partial charge in [0.2, 0.25) is 0 Å². The first kappa shape index (κ1) is 13.7. The van der Waals surface area contributed by atoms with Gasteiger partial charge in [-0.3, -0.25) is 4.79 Å². The van der Waals surface area contributed by atoms with E-state index < -0.39 is 0 Å². The molecule has 0 N–H and O–H groups in total. The third-order valence-electron chi connectivity index (χ3n) is 3.05. The van der Waals surface area contributed by atoms with Crippen molar-refractivity contribution in [1.82, 2.24) is 4.57 Å². The summed E-state index contributed by atoms with van der Waals surface area (Å²) in [6.45, 7) is 8.52. The van der Waals surface area contributed by atoms with Crippen LogP contribution in [0.5, 0.6) is 0 Å². The van der Waals surface area contributed by atoms with E-state index in [2.05, 4.69) is 23.4 Å². The SMILES string of the molecule is CCn1c(C)c(C(C)=O)sc1=Nc1ccc(C)cc1. The van der Waals surface area contributed by atoms with Gasteiger partial charge < -0.3 is 4.57 Å². The van der Waals surface area contributed by atoms with Crippen LogP contribution in [-0.4, -0.2) is 10.4 Å². The van der Waals surface area contributed by atoms with Gasteiger partial charge >= 0.3 is 0 Å². The zero-order valence-electron chi connectivity index (χ0n) is 11.7. The van der Waals surface area contributed by atoms with Crippen molar-refractivity contribution in [2.45, 2.75) is 34.2 Å². The van der Waals surface area contributed by atoms with E-state index in [1.807, 2.05) is 31.2 Å². The van der Waals surface area contributed by atoms with E-state index in [4.69, 9.17) is 0 Å². The molecule has 0 fully saturated rings. The maximum absolute atomic E-state index is 11.6. The molecule has 19 heavy (non-hydrogen) atoms. The van der Waals surface area contributed by atoms with E-state index in [1.165, 1.54) is 16.9 Å². The van der Waals surface area contributed by atoms with E-state index in [1.54, 1.807) is 6.92 Å². The van der Waals surface area contributed by atoms with Crippen LogP contribution >= 0.6 is 11.3 Å². The highest BCUT2D eigenvalue weighted by molar-refractivity contribution is 7.11. The summed E-state index contributed by atoms with van der Waals surface area (Å²) in [7, 11) is 0. The lowest BCUT2D eigenvalue weighted by molar-refractivity contribution is 0.102. The lowest BCUT2D eigenvalue weighted by atomic mass is 10.2. The number of rotatable bonds is 3. The van der Waals surface area contributed by atoms with E-state index in [-0.39, 0.29) is 5.78 Å². The van der Waals surface area contributed by atoms with E-state index >= 15 is 0 Å². The molecule has 0 radical (unpaired) electrons. The van der Waals surface area contributed by atoms with Crippen LogP contribution in [-0.2, 0) is 6.54 Å². The molecule has 0 saturated heterocycles. The second-order valence-corrected chi connectivity index (χ2v) is 5.52. The first-order valence-electron chi connectivity index (χ1n) is 6.35. The van der Waals surface area contributed by atoms with Gasteiger partial charge in [0.1, 0.15) is 0 Å². The fraction of sp³-hybridized carbons (Fsp3) is 0.333. The number of ketones is 1. The lowest BCUT2D eigenvalue weighted by Gasteiger charge is -2.01. The van der Waals surface area contributed by atoms with Gasteiger partial charge in [-0.05, 0) is 32.9 Å². The monoisotopic (exact) mass is 274 g/mol. The standard InChI is InChI=1S/C15H18N2OS/c1-5-17-11(3)14(12(4)18)19-15(17)16-13-8-6-10(2)7-9-13/h6-9H,5H2,1-4H3. The molecule has 1 aromatic heterocycles. The number of nitrogens with zero attached hydrogens (tertiary/aromatic N) is 2. The van der Waals surface area contributed by atoms with Gasteiger partial charge in [-0.15, -0.1) is 0 Å². The van der Waals surface area contributed by atoms with Crippen molar-refractivity contribution in [2.24, 2.45) is 4.99 Å². The van der Waals surface area contributed by atoms with Crippen LogP contribution in [0, 0.1) is 13.8 Å². The van der Waals surface area contributed by atoms with Crippen LogP contribution in [0.3, 0.4) is 0 Å². The number of carbonyl (C=O) groups excluding carboxylic acids is 1. The summed E-state index contributed by atoms with van der Waals surface area (Å²) in [4.78, 5) is 17.9. The Labute approximate surface area is 117 Å². The number of aryl methyl sites for hydroxylation is 1. The van der Waals surface area contributed by atoms with E-state index in [0.717, 1.165) is 27.6 Å². The van der Waals surface area contributed by atoms with Crippen molar-refractivity contribution in [1.29, 1.82) is 0 Å². The van der Waals surface area contributed by atoms with Gasteiger partial charge in [-0.25, -0.2) is 4.99 Å². The third kappa shape index (κ3) is 2.84. The minimum atomic E-state index is 0.107. The first-order valence-corrected chi connectivity index (χ1v) is 7.17. The average molecular weight is 274 g/mol. The van der Waals surface area contributed by atoms with Gasteiger partial charge in [0.25, 0.3) is 0 Å². The predicted molar refractivity (Wildman–Crippen MR) is 79.1 cm³/mol. The largest absolute Gasteiger partial charge is 0.321 e. The summed E-state index contributed by atoms with van der Waals surface area (Å²) in [6, 6.07) is 8.08. The van der Waals surface area contributed by atoms with Gasteiger partial charge in [0.15, 0.2) is 10.6 Å². The number of aromatic nitrogens is 1. The Bertz CT molecular complexity index is 662. The number of thiazole rings is 1. The van der Waals surface area contributed by atoms with Crippen LogP contribution in [0.25, 0.3) is 0 Å². The van der Waals surface area contributed by atoms with Crippen LogP contribution in [0.2, 0.25) is 0 Å². The topological polar surface area (TPSA) is 34.4 Å². The highest BCUT2D eigenvalue weighted by Gasteiger charge is 2.12. The summed E-state index contributed by atoms with van der Waals surface area (Å²) in [5.74, 6) is 0.107. The molecule has 0 aliphatic carbocycles. The summed E-state index contributed by atoms with van der Waals surface area (Å²) in [5, 5.41) is 0. The zero-order valence-corrected chi connectivity index (χ0v) is 12.5. The normalized spacial score (nSPS) is 11.9. The lowest BCUT2D eigenvalue weighted by Crippen LogP contribution is -2.14. The number of hydrogen-bond donors (Lipinski definition) is 0. The minimum Gasteiger partial charge on any atom is -0.321 e. The Morgan fingerprint density at radius 3 is 2.42 bits per heavy atom. The van der Waals surface area contributed by atoms with Crippen molar-refractivity contribution >= 4 is 22.8 Å². The average Bonchev–Trinajstić information content (AvgIpc) is 2.68. The Morgan fingerprint density at radius 2 is 1.89 bits per heavy atom. The van der Waals surface area contributed by atoms with Crippen molar-refractivity contribution < 1.29 is 4.79 Å². The molecular weight excluding hydrogens is 256 g/mol. The second-order valence-electron chi connectivity index (χ2n) is 4.55. The maximum Gasteiger partial charge on any atom is 0.190 e. The molecule has 100 valence electrons. The van der Waals surface area contributed by atoms with Crippen LogP contribution < -0.4 is 4.80 Å². The molecule has 2 aromatic rings. The molecule has 3 nitrogen and oxygen atoms in total. The Balaban J connectivity index is 2.58. The van der Waals surface area contributed by atoms with E-state index in [9.17, 15) is 4.79 Å². The van der Waals surface area contributed by atoms with Crippen LogP contribution in [0.15, 0.2) is 29.3 Å². The molecule has 0 aliphatic heterocycles. The molecule has 0 spiro atoms. The smallest absolute Gasteiger partial charge is 0.190 e. The Kier molecular flexibility index (Phi) is 4.00. The molecule has 4 heteroatoms. The zero-order chi connectivity index (χ0) is 14.0. The summed E-state index contributed by atoms with van der Waals surface area (Å²) >= 11 is 1.46. The highest BCUT2D eigenvalue weighted by atomic mass is 32.1. The molecule has 0 saturated carbocycles. The molecule has 1 aromatic carbocycles. The second kappa shape index (κ2) is 5.53. The fourth-order valence-electron chi connectivity index (χ4n) is 2.00. The molecule has 0 atom stereocenters. The van der Waals surface area contributed by atoms with Crippen LogP contribution in [0.1, 0.15) is 34.8 Å². The molecule has 0 bridgehead atoms. The molecule has 0 aliphatic rings. The molecule has 1 heterocycles. The number of hydrogen-bond acceptors (Lipinski definition) is 3. The molecule has 2 rings (SSSR count). The van der Waals surface area contributed by atoms with Crippen molar-refractivity contribution in [2.75, 3.05) is 0 Å². The van der Waals surface area contributed by atoms with Gasteiger partial charge in [-0.2, -0.15) is 0 Å². The Morgan fingerprint density at radius 1 is 1.26 bits per heavy atom. The predicted octanol–water partition coefficient (Wildman–Crippen LogP) is 3.62. The molecular formula is C15H18N2OS. The van der Waals surface area contributed by atoms with Crippen molar-refractivity contribution in [3.63, 3.8) is 0 Å². The third-order valence-corrected chi connectivity index (χ3v) is 4.33. The quantitative estimate of drug-likeness (QED) is 0.787. The summed E-state index contributed by atoms with van der Waals surface area (Å²) < 4.78 is 2.08. The van der Waals surface area contributed by atoms with Gasteiger partial charge in [-0.1, -0.05) is 29.0 Å². The molecule has 0 unspecified atom stereocenters. The molecule has 0 amide bonds. The van der Waals surface area contributed by atoms with Crippen LogP contribution in [0.4, 0.5) is 5.69 Å². The van der Waals surface area contributed by atoms with Crippen molar-refractivity contribution in [3.8, 4) is 0 Å². The highest BCUT2D eigenvalue weighted by Crippen LogP contribution is 2.16. The number of carbonyl (C=O) groups is 1. The van der Waals surface area contributed by atoms with E-state index in [0.29, 0.717) is 0 Å². The maximum atomic E-state index is 11.6. The summed E-state index contributed by atoms with van der Waals surface area (Å²) in [6.07, 6.45) is 0.